The highest BCUT2D eigenvalue weighted by Gasteiger charge is 2.18. The quantitative estimate of drug-likeness (QED) is 0.603. The molecule has 0 saturated carbocycles. The molecule has 3 nitrogen and oxygen atoms in total. The Kier molecular flexibility index (Phi) is 4.81. The summed E-state index contributed by atoms with van der Waals surface area (Å²) in [7, 11) is 0. The molecule has 1 atom stereocenters. The SMILES string of the molecule is CCCN(CC#N)CC1CCCO1. The van der Waals surface area contributed by atoms with Crippen LogP contribution in [0.2, 0.25) is 0 Å². The van der Waals surface area contributed by atoms with Gasteiger partial charge in [-0.2, -0.15) is 5.26 Å². The third kappa shape index (κ3) is 3.75. The van der Waals surface area contributed by atoms with Crippen LogP contribution in [0.25, 0.3) is 0 Å². The number of nitrogens with zero attached hydrogens (tertiary/aromatic N) is 2. The Hall–Kier alpha value is -0.590. The first kappa shape index (κ1) is 10.5. The van der Waals surface area contributed by atoms with E-state index in [1.54, 1.807) is 0 Å². The molecule has 0 radical (unpaired) electrons. The molecular formula is C10H18N2O. The summed E-state index contributed by atoms with van der Waals surface area (Å²) in [5, 5.41) is 8.60. The van der Waals surface area contributed by atoms with Gasteiger partial charge in [-0.15, -0.1) is 0 Å². The average Bonchev–Trinajstić information content (AvgIpc) is 2.58. The molecule has 0 bridgehead atoms. The lowest BCUT2D eigenvalue weighted by molar-refractivity contribution is 0.0774. The summed E-state index contributed by atoms with van der Waals surface area (Å²) in [5.41, 5.74) is 0. The summed E-state index contributed by atoms with van der Waals surface area (Å²) >= 11 is 0. The van der Waals surface area contributed by atoms with Gasteiger partial charge in [0.15, 0.2) is 0 Å². The van der Waals surface area contributed by atoms with E-state index in [4.69, 9.17) is 10.00 Å². The monoisotopic (exact) mass is 182 g/mol. The Bertz CT molecular complexity index is 170. The second-order valence-corrected chi connectivity index (χ2v) is 3.53. The second kappa shape index (κ2) is 5.95. The van der Waals surface area contributed by atoms with Crippen molar-refractivity contribution < 1.29 is 4.74 Å². The zero-order chi connectivity index (χ0) is 9.52. The van der Waals surface area contributed by atoms with Crippen LogP contribution in [0.15, 0.2) is 0 Å². The number of hydrogen-bond acceptors (Lipinski definition) is 3. The van der Waals surface area contributed by atoms with Crippen LogP contribution >= 0.6 is 0 Å². The largest absolute Gasteiger partial charge is 0.377 e. The summed E-state index contributed by atoms with van der Waals surface area (Å²) in [4.78, 5) is 2.18. The van der Waals surface area contributed by atoms with E-state index in [1.807, 2.05) is 0 Å². The van der Waals surface area contributed by atoms with Crippen molar-refractivity contribution in [3.8, 4) is 6.07 Å². The van der Waals surface area contributed by atoms with Crippen molar-refractivity contribution in [3.05, 3.63) is 0 Å². The first-order valence-corrected chi connectivity index (χ1v) is 5.07. The van der Waals surface area contributed by atoms with Crippen molar-refractivity contribution in [2.45, 2.75) is 32.3 Å². The maximum absolute atomic E-state index is 8.60. The predicted molar refractivity (Wildman–Crippen MR) is 51.3 cm³/mol. The second-order valence-electron chi connectivity index (χ2n) is 3.53. The van der Waals surface area contributed by atoms with Gasteiger partial charge in [-0.3, -0.25) is 4.90 Å². The highest BCUT2D eigenvalue weighted by atomic mass is 16.5. The third-order valence-electron chi connectivity index (χ3n) is 2.32. The van der Waals surface area contributed by atoms with Crippen LogP contribution in [0, 0.1) is 11.3 Å². The van der Waals surface area contributed by atoms with Crippen LogP contribution in [0.5, 0.6) is 0 Å². The minimum Gasteiger partial charge on any atom is -0.377 e. The van der Waals surface area contributed by atoms with E-state index in [1.165, 1.54) is 6.42 Å². The van der Waals surface area contributed by atoms with Gasteiger partial charge in [0, 0.05) is 13.2 Å². The minimum absolute atomic E-state index is 0.375. The van der Waals surface area contributed by atoms with Gasteiger partial charge in [0.25, 0.3) is 0 Å². The van der Waals surface area contributed by atoms with Crippen LogP contribution < -0.4 is 0 Å². The zero-order valence-corrected chi connectivity index (χ0v) is 8.33. The molecular weight excluding hydrogens is 164 g/mol. The van der Waals surface area contributed by atoms with Crippen molar-refractivity contribution in [2.75, 3.05) is 26.2 Å². The lowest BCUT2D eigenvalue weighted by atomic mass is 10.2. The summed E-state index contributed by atoms with van der Waals surface area (Å²) in [6.45, 7) is 5.51. The fraction of sp³-hybridized carbons (Fsp3) is 0.900. The smallest absolute Gasteiger partial charge is 0.0866 e. The molecule has 1 rings (SSSR count). The van der Waals surface area contributed by atoms with E-state index < -0.39 is 0 Å². The summed E-state index contributed by atoms with van der Waals surface area (Å²) < 4.78 is 5.53. The molecule has 0 amide bonds. The van der Waals surface area contributed by atoms with Gasteiger partial charge in [-0.05, 0) is 25.8 Å². The highest BCUT2D eigenvalue weighted by molar-refractivity contribution is 4.79. The fourth-order valence-electron chi connectivity index (χ4n) is 1.73. The van der Waals surface area contributed by atoms with Gasteiger partial charge >= 0.3 is 0 Å². The Morgan fingerprint density at radius 2 is 2.46 bits per heavy atom. The normalized spacial score (nSPS) is 22.1. The highest BCUT2D eigenvalue weighted by Crippen LogP contribution is 2.13. The van der Waals surface area contributed by atoms with Crippen molar-refractivity contribution in [2.24, 2.45) is 0 Å². The predicted octanol–water partition coefficient (Wildman–Crippen LogP) is 1.40. The van der Waals surface area contributed by atoms with Gasteiger partial charge in [0.05, 0.1) is 18.7 Å². The topological polar surface area (TPSA) is 36.3 Å². The molecule has 1 heterocycles. The van der Waals surface area contributed by atoms with Crippen LogP contribution in [0.1, 0.15) is 26.2 Å². The van der Waals surface area contributed by atoms with Crippen molar-refractivity contribution in [1.29, 1.82) is 5.26 Å². The zero-order valence-electron chi connectivity index (χ0n) is 8.33. The fourth-order valence-corrected chi connectivity index (χ4v) is 1.73. The van der Waals surface area contributed by atoms with Gasteiger partial charge in [0.2, 0.25) is 0 Å². The van der Waals surface area contributed by atoms with Crippen molar-refractivity contribution in [3.63, 3.8) is 0 Å². The molecule has 0 N–H and O–H groups in total. The maximum Gasteiger partial charge on any atom is 0.0866 e. The summed E-state index contributed by atoms with van der Waals surface area (Å²) in [6, 6.07) is 2.20. The Morgan fingerprint density at radius 3 is 3.00 bits per heavy atom. The van der Waals surface area contributed by atoms with Gasteiger partial charge < -0.3 is 4.74 Å². The standard InChI is InChI=1S/C10H18N2O/c1-2-6-12(7-5-11)9-10-4-3-8-13-10/h10H,2-4,6-9H2,1H3. The lowest BCUT2D eigenvalue weighted by Crippen LogP contribution is -2.33. The molecule has 0 spiro atoms. The third-order valence-corrected chi connectivity index (χ3v) is 2.32. The molecule has 0 aromatic rings. The van der Waals surface area contributed by atoms with Crippen LogP contribution in [-0.4, -0.2) is 37.2 Å². The van der Waals surface area contributed by atoms with E-state index in [0.717, 1.165) is 32.5 Å². The lowest BCUT2D eigenvalue weighted by Gasteiger charge is -2.21. The molecule has 1 aliphatic rings. The Morgan fingerprint density at radius 1 is 1.62 bits per heavy atom. The molecule has 3 heteroatoms. The van der Waals surface area contributed by atoms with Gasteiger partial charge in [-0.1, -0.05) is 6.92 Å². The number of hydrogen-bond donors (Lipinski definition) is 0. The van der Waals surface area contributed by atoms with Crippen molar-refractivity contribution >= 4 is 0 Å². The molecule has 1 fully saturated rings. The Balaban J connectivity index is 2.24. The summed E-state index contributed by atoms with van der Waals surface area (Å²) in [6.07, 6.45) is 3.82. The van der Waals surface area contributed by atoms with E-state index in [2.05, 4.69) is 17.9 Å². The van der Waals surface area contributed by atoms with E-state index in [0.29, 0.717) is 12.6 Å². The van der Waals surface area contributed by atoms with E-state index in [9.17, 15) is 0 Å². The van der Waals surface area contributed by atoms with E-state index in [-0.39, 0.29) is 0 Å². The molecule has 74 valence electrons. The maximum atomic E-state index is 8.60. The average molecular weight is 182 g/mol. The van der Waals surface area contributed by atoms with Gasteiger partial charge in [-0.25, -0.2) is 0 Å². The number of nitriles is 1. The molecule has 13 heavy (non-hydrogen) atoms. The van der Waals surface area contributed by atoms with E-state index >= 15 is 0 Å². The molecule has 1 unspecified atom stereocenters. The molecule has 0 aromatic heterocycles. The van der Waals surface area contributed by atoms with Crippen molar-refractivity contribution in [1.82, 2.24) is 4.90 Å². The van der Waals surface area contributed by atoms with Gasteiger partial charge in [0.1, 0.15) is 0 Å². The molecule has 0 aliphatic carbocycles. The first-order chi connectivity index (χ1) is 6.36. The van der Waals surface area contributed by atoms with Crippen LogP contribution in [0.3, 0.4) is 0 Å². The molecule has 0 aromatic carbocycles. The molecule has 1 aliphatic heterocycles. The Labute approximate surface area is 80.3 Å². The van der Waals surface area contributed by atoms with Crippen LogP contribution in [0.4, 0.5) is 0 Å². The number of ether oxygens (including phenoxy) is 1. The number of rotatable bonds is 5. The first-order valence-electron chi connectivity index (χ1n) is 5.07. The van der Waals surface area contributed by atoms with Crippen LogP contribution in [-0.2, 0) is 4.74 Å². The molecule has 1 saturated heterocycles. The minimum atomic E-state index is 0.375. The summed E-state index contributed by atoms with van der Waals surface area (Å²) in [5.74, 6) is 0.